The molecule has 0 bridgehead atoms. The minimum Gasteiger partial charge on any atom is -0.497 e. The number of amides is 2. The first-order chi connectivity index (χ1) is 20.4. The Labute approximate surface area is 247 Å². The van der Waals surface area contributed by atoms with Crippen LogP contribution in [0.15, 0.2) is 72.8 Å². The van der Waals surface area contributed by atoms with Gasteiger partial charge in [0.15, 0.2) is 0 Å². The Hall–Kier alpha value is -4.35. The molecule has 3 aromatic carbocycles. The summed E-state index contributed by atoms with van der Waals surface area (Å²) in [6.45, 7) is 0.640. The molecule has 0 radical (unpaired) electrons. The molecule has 4 aromatic rings. The minimum atomic E-state index is -1.10. The van der Waals surface area contributed by atoms with Crippen molar-refractivity contribution in [2.24, 2.45) is 0 Å². The zero-order valence-electron chi connectivity index (χ0n) is 23.0. The fraction of sp³-hybridized carbons (Fsp3) is 0.300. The number of rotatable bonds is 11. The molecule has 1 saturated heterocycles. The van der Waals surface area contributed by atoms with Gasteiger partial charge in [-0.3, -0.25) is 9.59 Å². The maximum Gasteiger partial charge on any atom is 0.247 e. The number of nitrogens with zero attached hydrogens (tertiary/aromatic N) is 5. The summed E-state index contributed by atoms with van der Waals surface area (Å²) in [5.74, 6) is -0.342. The number of nitrogens with one attached hydrogen (secondary N) is 1. The number of methoxy groups -OCH3 is 1. The molecule has 10 nitrogen and oxygen atoms in total. The van der Waals surface area contributed by atoms with Crippen molar-refractivity contribution >= 4 is 23.4 Å². The summed E-state index contributed by atoms with van der Waals surface area (Å²) in [6.07, 6.45) is 1.65. The third-order valence-electron chi connectivity index (χ3n) is 6.97. The summed E-state index contributed by atoms with van der Waals surface area (Å²) in [4.78, 5) is 30.3. The molecule has 2 atom stereocenters. The van der Waals surface area contributed by atoms with E-state index in [4.69, 9.17) is 21.1 Å². The molecule has 5 rings (SSSR count). The van der Waals surface area contributed by atoms with Crippen LogP contribution < -0.4 is 10.1 Å². The predicted octanol–water partition coefficient (Wildman–Crippen LogP) is 4.21. The first kappa shape index (κ1) is 29.2. The second-order valence-electron chi connectivity index (χ2n) is 9.82. The molecular formula is C30H30ClFN6O4. The largest absolute Gasteiger partial charge is 0.497 e. The predicted molar refractivity (Wildman–Crippen MR) is 153 cm³/mol. The number of aromatic nitrogens is 4. The highest BCUT2D eigenvalue weighted by Gasteiger charge is 2.33. The van der Waals surface area contributed by atoms with Crippen LogP contribution in [0.3, 0.4) is 0 Å². The number of carbonyl (C=O) groups excluding carboxylic acids is 2. The zero-order valence-corrected chi connectivity index (χ0v) is 23.7. The van der Waals surface area contributed by atoms with Crippen LogP contribution in [-0.4, -0.2) is 63.3 Å². The van der Waals surface area contributed by atoms with E-state index in [0.717, 1.165) is 12.8 Å². The van der Waals surface area contributed by atoms with Gasteiger partial charge < -0.3 is 19.7 Å². The van der Waals surface area contributed by atoms with E-state index in [9.17, 15) is 14.0 Å². The van der Waals surface area contributed by atoms with Crippen LogP contribution in [0, 0.1) is 5.82 Å². The topological polar surface area (TPSA) is 111 Å². The van der Waals surface area contributed by atoms with Crippen LogP contribution >= 0.6 is 11.6 Å². The number of carbonyl (C=O) groups is 2. The maximum atomic E-state index is 14.0. The fourth-order valence-electron chi connectivity index (χ4n) is 4.75. The van der Waals surface area contributed by atoms with E-state index in [-0.39, 0.29) is 19.2 Å². The van der Waals surface area contributed by atoms with Gasteiger partial charge in [0.25, 0.3) is 0 Å². The molecule has 218 valence electrons. The molecule has 2 unspecified atom stereocenters. The molecule has 0 spiro atoms. The highest BCUT2D eigenvalue weighted by Crippen LogP contribution is 2.27. The highest BCUT2D eigenvalue weighted by molar-refractivity contribution is 6.31. The summed E-state index contributed by atoms with van der Waals surface area (Å²) in [6, 6.07) is 18.6. The van der Waals surface area contributed by atoms with Gasteiger partial charge >= 0.3 is 0 Å². The highest BCUT2D eigenvalue weighted by atomic mass is 35.5. The van der Waals surface area contributed by atoms with Crippen molar-refractivity contribution in [3.8, 4) is 17.1 Å². The SMILES string of the molecule is COc1ccc(-c2nnn(CC(=O)N(Cc3ccccc3Cl)C(C(=O)NCC3CCCO3)c3ccc(F)cc3)n2)cc1. The van der Waals surface area contributed by atoms with Crippen LogP contribution in [0.2, 0.25) is 5.02 Å². The van der Waals surface area contributed by atoms with E-state index in [1.165, 1.54) is 34.0 Å². The van der Waals surface area contributed by atoms with Gasteiger partial charge in [0.05, 0.1) is 13.2 Å². The smallest absolute Gasteiger partial charge is 0.247 e. The Morgan fingerprint density at radius 3 is 2.60 bits per heavy atom. The van der Waals surface area contributed by atoms with E-state index in [2.05, 4.69) is 20.7 Å². The fourth-order valence-corrected chi connectivity index (χ4v) is 4.94. The second-order valence-corrected chi connectivity index (χ2v) is 10.2. The van der Waals surface area contributed by atoms with Crippen molar-refractivity contribution in [1.29, 1.82) is 0 Å². The van der Waals surface area contributed by atoms with Crippen LogP contribution in [0.5, 0.6) is 5.75 Å². The normalized spacial score (nSPS) is 15.3. The standard InChI is InChI=1S/C30H30ClFN6O4/c1-41-24-14-10-21(11-15-24)29-34-36-38(35-29)19-27(39)37(18-22-5-2-3-7-26(22)31)28(20-8-12-23(32)13-9-20)30(40)33-17-25-6-4-16-42-25/h2-3,5,7-15,25,28H,4,6,16-19H2,1H3,(H,33,40). The summed E-state index contributed by atoms with van der Waals surface area (Å²) in [5.41, 5.74) is 1.77. The Balaban J connectivity index is 1.45. The monoisotopic (exact) mass is 592 g/mol. The molecule has 0 saturated carbocycles. The van der Waals surface area contributed by atoms with E-state index >= 15 is 0 Å². The molecule has 0 aliphatic carbocycles. The lowest BCUT2D eigenvalue weighted by molar-refractivity contribution is -0.142. The number of hydrogen-bond acceptors (Lipinski definition) is 7. The van der Waals surface area contributed by atoms with Gasteiger partial charge in [0.2, 0.25) is 17.6 Å². The molecule has 2 heterocycles. The van der Waals surface area contributed by atoms with E-state index in [1.54, 1.807) is 55.6 Å². The molecule has 12 heteroatoms. The summed E-state index contributed by atoms with van der Waals surface area (Å²) >= 11 is 6.47. The number of benzene rings is 3. The van der Waals surface area contributed by atoms with Crippen LogP contribution in [0.4, 0.5) is 4.39 Å². The van der Waals surface area contributed by atoms with E-state index in [0.29, 0.717) is 46.4 Å². The van der Waals surface area contributed by atoms with Gasteiger partial charge in [-0.1, -0.05) is 41.9 Å². The van der Waals surface area contributed by atoms with Gasteiger partial charge in [0.1, 0.15) is 24.2 Å². The molecule has 1 aliphatic heterocycles. The third-order valence-corrected chi connectivity index (χ3v) is 7.34. The van der Waals surface area contributed by atoms with Gasteiger partial charge in [-0.05, 0) is 71.6 Å². The maximum absolute atomic E-state index is 14.0. The van der Waals surface area contributed by atoms with E-state index in [1.807, 2.05) is 0 Å². The molecule has 1 fully saturated rings. The van der Waals surface area contributed by atoms with E-state index < -0.39 is 23.7 Å². The first-order valence-corrected chi connectivity index (χ1v) is 13.9. The Morgan fingerprint density at radius 2 is 1.90 bits per heavy atom. The lowest BCUT2D eigenvalue weighted by Crippen LogP contribution is -2.46. The Bertz CT molecular complexity index is 1510. The lowest BCUT2D eigenvalue weighted by Gasteiger charge is -2.32. The van der Waals surface area contributed by atoms with Crippen molar-refractivity contribution in [2.45, 2.75) is 38.1 Å². The second kappa shape index (κ2) is 13.5. The molecule has 2 amide bonds. The third kappa shape index (κ3) is 7.10. The number of halogens is 2. The minimum absolute atomic E-state index is 0.00787. The van der Waals surface area contributed by atoms with Crippen molar-refractivity contribution in [3.05, 3.63) is 94.8 Å². The van der Waals surface area contributed by atoms with Gasteiger partial charge in [-0.25, -0.2) is 4.39 Å². The molecule has 1 aliphatic rings. The van der Waals surface area contributed by atoms with Crippen molar-refractivity contribution < 1.29 is 23.5 Å². The molecule has 1 aromatic heterocycles. The molecular weight excluding hydrogens is 563 g/mol. The quantitative estimate of drug-likeness (QED) is 0.278. The van der Waals surface area contributed by atoms with Crippen LogP contribution in [-0.2, 0) is 27.4 Å². The number of hydrogen-bond donors (Lipinski definition) is 1. The van der Waals surface area contributed by atoms with Crippen molar-refractivity contribution in [3.63, 3.8) is 0 Å². The molecule has 1 N–H and O–H groups in total. The zero-order chi connectivity index (χ0) is 29.5. The first-order valence-electron chi connectivity index (χ1n) is 13.5. The average molecular weight is 593 g/mol. The molecule has 42 heavy (non-hydrogen) atoms. The van der Waals surface area contributed by atoms with Gasteiger partial charge in [-0.2, -0.15) is 4.80 Å². The van der Waals surface area contributed by atoms with Gasteiger partial charge in [-0.15, -0.1) is 10.2 Å². The summed E-state index contributed by atoms with van der Waals surface area (Å²) in [7, 11) is 1.57. The van der Waals surface area contributed by atoms with Crippen LogP contribution in [0.1, 0.15) is 30.0 Å². The lowest BCUT2D eigenvalue weighted by atomic mass is 10.0. The van der Waals surface area contributed by atoms with Crippen molar-refractivity contribution in [1.82, 2.24) is 30.4 Å². The number of tetrazole rings is 1. The Morgan fingerprint density at radius 1 is 1.14 bits per heavy atom. The van der Waals surface area contributed by atoms with Crippen LogP contribution in [0.25, 0.3) is 11.4 Å². The van der Waals surface area contributed by atoms with Crippen molar-refractivity contribution in [2.75, 3.05) is 20.3 Å². The van der Waals surface area contributed by atoms with Gasteiger partial charge in [0, 0.05) is 30.3 Å². The number of ether oxygens (including phenoxy) is 2. The summed E-state index contributed by atoms with van der Waals surface area (Å²) < 4.78 is 24.7. The Kier molecular flexibility index (Phi) is 9.40. The average Bonchev–Trinajstić information content (AvgIpc) is 3.70. The summed E-state index contributed by atoms with van der Waals surface area (Å²) in [5, 5.41) is 15.9.